The Morgan fingerprint density at radius 2 is 1.96 bits per heavy atom. The monoisotopic (exact) mass is 464 g/mol. The third-order valence-corrected chi connectivity index (χ3v) is 3.85. The van der Waals surface area contributed by atoms with E-state index >= 15 is 0 Å². The van der Waals surface area contributed by atoms with Crippen molar-refractivity contribution in [1.82, 2.24) is 15.5 Å². The number of aliphatic imine (C=N–C) groups is 1. The third-order valence-electron chi connectivity index (χ3n) is 3.85. The number of guanidine groups is 1. The molecule has 0 amide bonds. The average Bonchev–Trinajstić information content (AvgIpc) is 2.44. The quantitative estimate of drug-likeness (QED) is 0.344. The van der Waals surface area contributed by atoms with Gasteiger partial charge in [0.1, 0.15) is 0 Å². The van der Waals surface area contributed by atoms with Gasteiger partial charge in [-0.3, -0.25) is 9.89 Å². The van der Waals surface area contributed by atoms with E-state index in [0.717, 1.165) is 19.5 Å². The first-order valence-electron chi connectivity index (χ1n) is 8.64. The van der Waals surface area contributed by atoms with Crippen LogP contribution >= 0.6 is 24.0 Å². The fraction of sp³-hybridized carbons (Fsp3) is 0.938. The standard InChI is InChI=1S/C16H31F3N4.HI/c1-4-20-15(21-9-8-16(17,18)19)22-11-14-7-5-6-10-23(14)12-13(2)3;/h13-14H,4-12H2,1-3H3,(H2,20,21,22);1H. The summed E-state index contributed by atoms with van der Waals surface area (Å²) in [4.78, 5) is 6.97. The molecule has 1 atom stereocenters. The number of nitrogens with one attached hydrogen (secondary N) is 2. The second kappa shape index (κ2) is 12.2. The highest BCUT2D eigenvalue weighted by molar-refractivity contribution is 14.0. The van der Waals surface area contributed by atoms with Crippen LogP contribution in [-0.2, 0) is 0 Å². The number of hydrogen-bond acceptors (Lipinski definition) is 2. The smallest absolute Gasteiger partial charge is 0.357 e. The van der Waals surface area contributed by atoms with Gasteiger partial charge in [-0.25, -0.2) is 0 Å². The van der Waals surface area contributed by atoms with Crippen LogP contribution in [0.3, 0.4) is 0 Å². The Bertz CT molecular complexity index is 362. The molecule has 1 heterocycles. The van der Waals surface area contributed by atoms with Gasteiger partial charge in [0, 0.05) is 25.7 Å². The molecule has 0 aromatic heterocycles. The number of alkyl halides is 3. The normalized spacial score (nSPS) is 20.0. The van der Waals surface area contributed by atoms with Crippen LogP contribution in [-0.4, -0.2) is 55.8 Å². The minimum absolute atomic E-state index is 0. The highest BCUT2D eigenvalue weighted by Gasteiger charge is 2.26. The average molecular weight is 464 g/mol. The van der Waals surface area contributed by atoms with Crippen molar-refractivity contribution in [3.63, 3.8) is 0 Å². The van der Waals surface area contributed by atoms with E-state index in [2.05, 4.69) is 34.4 Å². The molecule has 2 N–H and O–H groups in total. The van der Waals surface area contributed by atoms with Crippen molar-refractivity contribution in [2.75, 3.05) is 32.7 Å². The largest absolute Gasteiger partial charge is 0.390 e. The number of nitrogens with zero attached hydrogens (tertiary/aromatic N) is 2. The zero-order valence-corrected chi connectivity index (χ0v) is 17.3. The summed E-state index contributed by atoms with van der Waals surface area (Å²) < 4.78 is 36.7. The summed E-state index contributed by atoms with van der Waals surface area (Å²) >= 11 is 0. The zero-order chi connectivity index (χ0) is 17.3. The van der Waals surface area contributed by atoms with Gasteiger partial charge in [0.15, 0.2) is 5.96 Å². The van der Waals surface area contributed by atoms with Crippen molar-refractivity contribution >= 4 is 29.9 Å². The fourth-order valence-corrected chi connectivity index (χ4v) is 2.84. The maximum absolute atomic E-state index is 12.2. The molecule has 0 bridgehead atoms. The molecule has 0 radical (unpaired) electrons. The topological polar surface area (TPSA) is 39.7 Å². The van der Waals surface area contributed by atoms with E-state index in [-0.39, 0.29) is 30.5 Å². The van der Waals surface area contributed by atoms with Crippen molar-refractivity contribution < 1.29 is 13.2 Å². The third kappa shape index (κ3) is 10.6. The van der Waals surface area contributed by atoms with Gasteiger partial charge < -0.3 is 10.6 Å². The molecule has 1 unspecified atom stereocenters. The summed E-state index contributed by atoms with van der Waals surface area (Å²) in [6.07, 6.45) is -1.45. The van der Waals surface area contributed by atoms with Crippen molar-refractivity contribution in [2.45, 2.75) is 58.7 Å². The number of likely N-dealkylation sites (tertiary alicyclic amines) is 1. The van der Waals surface area contributed by atoms with Crippen molar-refractivity contribution in [2.24, 2.45) is 10.9 Å². The Hall–Kier alpha value is -0.250. The predicted molar refractivity (Wildman–Crippen MR) is 104 cm³/mol. The van der Waals surface area contributed by atoms with E-state index in [9.17, 15) is 13.2 Å². The van der Waals surface area contributed by atoms with Crippen LogP contribution in [0.1, 0.15) is 46.5 Å². The highest BCUT2D eigenvalue weighted by Crippen LogP contribution is 2.19. The molecule has 0 spiro atoms. The lowest BCUT2D eigenvalue weighted by Gasteiger charge is -2.36. The van der Waals surface area contributed by atoms with Crippen LogP contribution < -0.4 is 10.6 Å². The summed E-state index contributed by atoms with van der Waals surface area (Å²) in [6, 6.07) is 0.393. The number of rotatable bonds is 7. The molecule has 0 saturated carbocycles. The molecule has 8 heteroatoms. The molecule has 0 aromatic carbocycles. The maximum Gasteiger partial charge on any atom is 0.390 e. The molecule has 1 fully saturated rings. The summed E-state index contributed by atoms with van der Waals surface area (Å²) in [5.41, 5.74) is 0. The Morgan fingerprint density at radius 1 is 1.25 bits per heavy atom. The molecule has 0 aromatic rings. The van der Waals surface area contributed by atoms with Crippen LogP contribution in [0.25, 0.3) is 0 Å². The number of hydrogen-bond donors (Lipinski definition) is 2. The Labute approximate surface area is 161 Å². The van der Waals surface area contributed by atoms with Gasteiger partial charge >= 0.3 is 6.18 Å². The van der Waals surface area contributed by atoms with E-state index < -0.39 is 12.6 Å². The molecule has 144 valence electrons. The SMILES string of the molecule is CCNC(=NCC1CCCCN1CC(C)C)NCCC(F)(F)F.I. The van der Waals surface area contributed by atoms with Crippen LogP contribution in [0.2, 0.25) is 0 Å². The van der Waals surface area contributed by atoms with Crippen LogP contribution in [0.4, 0.5) is 13.2 Å². The van der Waals surface area contributed by atoms with E-state index in [0.29, 0.717) is 31.0 Å². The fourth-order valence-electron chi connectivity index (χ4n) is 2.84. The first-order valence-corrected chi connectivity index (χ1v) is 8.64. The number of piperidine rings is 1. The first kappa shape index (κ1) is 23.8. The van der Waals surface area contributed by atoms with Gasteiger partial charge in [0.05, 0.1) is 13.0 Å². The minimum Gasteiger partial charge on any atom is -0.357 e. The van der Waals surface area contributed by atoms with Crippen molar-refractivity contribution in [1.29, 1.82) is 0 Å². The maximum atomic E-state index is 12.2. The summed E-state index contributed by atoms with van der Waals surface area (Å²) in [5.74, 6) is 1.09. The van der Waals surface area contributed by atoms with E-state index in [1.807, 2.05) is 6.92 Å². The van der Waals surface area contributed by atoms with E-state index in [4.69, 9.17) is 0 Å². The molecule has 1 aliphatic rings. The van der Waals surface area contributed by atoms with Crippen LogP contribution in [0.15, 0.2) is 4.99 Å². The van der Waals surface area contributed by atoms with Gasteiger partial charge in [0.25, 0.3) is 0 Å². The Balaban J connectivity index is 0.00000529. The van der Waals surface area contributed by atoms with Gasteiger partial charge in [-0.1, -0.05) is 20.3 Å². The molecule has 1 rings (SSSR count). The van der Waals surface area contributed by atoms with Crippen molar-refractivity contribution in [3.05, 3.63) is 0 Å². The molecule has 1 saturated heterocycles. The molecule has 24 heavy (non-hydrogen) atoms. The second-order valence-corrected chi connectivity index (χ2v) is 6.55. The Kier molecular flexibility index (Phi) is 12.0. The van der Waals surface area contributed by atoms with E-state index in [1.165, 1.54) is 12.8 Å². The van der Waals surface area contributed by atoms with Gasteiger partial charge in [0.2, 0.25) is 0 Å². The number of halogens is 4. The highest BCUT2D eigenvalue weighted by atomic mass is 127. The van der Waals surface area contributed by atoms with Gasteiger partial charge in [-0.05, 0) is 32.2 Å². The molecule has 0 aliphatic carbocycles. The lowest BCUT2D eigenvalue weighted by Crippen LogP contribution is -2.45. The van der Waals surface area contributed by atoms with E-state index in [1.54, 1.807) is 0 Å². The second-order valence-electron chi connectivity index (χ2n) is 6.55. The zero-order valence-electron chi connectivity index (χ0n) is 15.0. The van der Waals surface area contributed by atoms with Crippen molar-refractivity contribution in [3.8, 4) is 0 Å². The lowest BCUT2D eigenvalue weighted by atomic mass is 10.0. The molecular weight excluding hydrogens is 432 g/mol. The molecule has 1 aliphatic heterocycles. The predicted octanol–water partition coefficient (Wildman–Crippen LogP) is 3.62. The minimum atomic E-state index is -4.14. The van der Waals surface area contributed by atoms with Crippen LogP contribution in [0.5, 0.6) is 0 Å². The first-order chi connectivity index (χ1) is 10.8. The molecule has 4 nitrogen and oxygen atoms in total. The van der Waals surface area contributed by atoms with Gasteiger partial charge in [-0.2, -0.15) is 13.2 Å². The summed E-state index contributed by atoms with van der Waals surface area (Å²) in [5, 5.41) is 5.79. The summed E-state index contributed by atoms with van der Waals surface area (Å²) in [7, 11) is 0. The van der Waals surface area contributed by atoms with Crippen LogP contribution in [0, 0.1) is 5.92 Å². The van der Waals surface area contributed by atoms with Gasteiger partial charge in [-0.15, -0.1) is 24.0 Å². The summed E-state index contributed by atoms with van der Waals surface area (Å²) in [6.45, 7) is 9.60. The lowest BCUT2D eigenvalue weighted by molar-refractivity contribution is -0.132. The molecular formula is C16H32F3IN4. The Morgan fingerprint density at radius 3 is 2.54 bits per heavy atom.